The van der Waals surface area contributed by atoms with E-state index in [-0.39, 0.29) is 17.9 Å². The first-order chi connectivity index (χ1) is 14.2. The number of thiophene rings is 1. The average Bonchev–Trinajstić information content (AvgIpc) is 3.32. The molecule has 29 heavy (non-hydrogen) atoms. The Balaban J connectivity index is 1.56. The highest BCUT2D eigenvalue weighted by molar-refractivity contribution is 7.15. The number of urea groups is 1. The van der Waals surface area contributed by atoms with E-state index in [4.69, 9.17) is 0 Å². The summed E-state index contributed by atoms with van der Waals surface area (Å²) in [5.41, 5.74) is 4.51. The number of carbonyl (C=O) groups excluding carboxylic acids is 1. The van der Waals surface area contributed by atoms with Crippen molar-refractivity contribution in [2.45, 2.75) is 51.6 Å². The quantitative estimate of drug-likeness (QED) is 0.549. The predicted molar refractivity (Wildman–Crippen MR) is 114 cm³/mol. The van der Waals surface area contributed by atoms with E-state index in [1.54, 1.807) is 12.1 Å². The smallest absolute Gasteiger partial charge is 0.312 e. The molecule has 1 N–H and O–H groups in total. The van der Waals surface area contributed by atoms with Crippen LogP contribution in [0.2, 0.25) is 0 Å². The minimum Gasteiger partial charge on any atom is -0.312 e. The van der Waals surface area contributed by atoms with Crippen LogP contribution in [-0.2, 0) is 19.4 Å². The summed E-state index contributed by atoms with van der Waals surface area (Å²) in [4.78, 5) is 16.7. The molecule has 1 aromatic carbocycles. The van der Waals surface area contributed by atoms with Crippen LogP contribution in [0.15, 0.2) is 42.6 Å². The first-order valence-electron chi connectivity index (χ1n) is 10.3. The van der Waals surface area contributed by atoms with Crippen LogP contribution < -0.4 is 5.32 Å². The second-order valence-corrected chi connectivity index (χ2v) is 8.87. The van der Waals surface area contributed by atoms with E-state index in [2.05, 4.69) is 35.1 Å². The van der Waals surface area contributed by atoms with Gasteiger partial charge < -0.3 is 14.8 Å². The summed E-state index contributed by atoms with van der Waals surface area (Å²) in [6, 6.07) is 9.99. The number of nitrogens with zero attached hydrogens (tertiary/aromatic N) is 2. The monoisotopic (exact) mass is 409 g/mol. The van der Waals surface area contributed by atoms with Crippen molar-refractivity contribution in [3.8, 4) is 5.00 Å². The summed E-state index contributed by atoms with van der Waals surface area (Å²) < 4.78 is 15.5. The topological polar surface area (TPSA) is 37.3 Å². The number of benzene rings is 1. The molecule has 0 bridgehead atoms. The minimum atomic E-state index is -0.309. The lowest BCUT2D eigenvalue weighted by molar-refractivity contribution is 0.181. The van der Waals surface area contributed by atoms with Crippen LogP contribution in [0.3, 0.4) is 0 Å². The maximum absolute atomic E-state index is 13.3. The third-order valence-electron chi connectivity index (χ3n) is 6.05. The molecule has 3 heterocycles. The number of hydrogen-bond acceptors (Lipinski definition) is 2. The molecule has 0 spiro atoms. The van der Waals surface area contributed by atoms with Crippen LogP contribution in [0, 0.1) is 5.82 Å². The summed E-state index contributed by atoms with van der Waals surface area (Å²) in [5, 5.41) is 4.24. The summed E-state index contributed by atoms with van der Waals surface area (Å²) in [6.45, 7) is 2.73. The van der Waals surface area contributed by atoms with Gasteiger partial charge in [-0.15, -0.1) is 11.3 Å². The van der Waals surface area contributed by atoms with E-state index in [1.807, 2.05) is 16.2 Å². The largest absolute Gasteiger partial charge is 0.322 e. The highest BCUT2D eigenvalue weighted by Crippen LogP contribution is 2.43. The van der Waals surface area contributed by atoms with E-state index >= 15 is 0 Å². The predicted octanol–water partition coefficient (Wildman–Crippen LogP) is 6.06. The molecule has 3 aromatic rings. The lowest BCUT2D eigenvalue weighted by Gasteiger charge is -2.30. The van der Waals surface area contributed by atoms with Crippen molar-refractivity contribution in [1.82, 2.24) is 9.47 Å². The summed E-state index contributed by atoms with van der Waals surface area (Å²) >= 11 is 1.89. The van der Waals surface area contributed by atoms with E-state index in [0.717, 1.165) is 25.0 Å². The fourth-order valence-corrected chi connectivity index (χ4v) is 6.04. The molecular formula is C23H24FN3OS. The molecule has 0 fully saturated rings. The average molecular weight is 410 g/mol. The van der Waals surface area contributed by atoms with Crippen LogP contribution >= 0.6 is 11.3 Å². The number of amides is 2. The van der Waals surface area contributed by atoms with E-state index in [0.29, 0.717) is 12.2 Å². The molecule has 0 saturated heterocycles. The van der Waals surface area contributed by atoms with Crippen molar-refractivity contribution < 1.29 is 9.18 Å². The van der Waals surface area contributed by atoms with Crippen LogP contribution in [0.4, 0.5) is 14.9 Å². The van der Waals surface area contributed by atoms with Gasteiger partial charge in [0.05, 0.1) is 12.6 Å². The maximum Gasteiger partial charge on any atom is 0.322 e. The second-order valence-electron chi connectivity index (χ2n) is 7.79. The van der Waals surface area contributed by atoms with Crippen molar-refractivity contribution in [3.63, 3.8) is 0 Å². The van der Waals surface area contributed by atoms with E-state index < -0.39 is 0 Å². The lowest BCUT2D eigenvalue weighted by atomic mass is 9.95. The number of carbonyl (C=O) groups is 1. The molecular weight excluding hydrogens is 385 g/mol. The standard InChI is InChI=1S/C23H24FN3OS/c1-2-19-20-7-5-13-26(20)22-18(17-6-3-4-8-21(17)29-22)14-27(19)23(28)25-16-11-9-15(24)10-12-16/h5,7,9-13,19H,2-4,6,8,14H2,1H3,(H,25,28)/t19-/m1/s1. The van der Waals surface area contributed by atoms with Gasteiger partial charge in [0.1, 0.15) is 10.8 Å². The molecule has 2 amide bonds. The third-order valence-corrected chi connectivity index (χ3v) is 7.38. The number of fused-ring (bicyclic) bond motifs is 5. The maximum atomic E-state index is 13.3. The van der Waals surface area contributed by atoms with Crippen molar-refractivity contribution in [2.24, 2.45) is 0 Å². The van der Waals surface area contributed by atoms with Crippen LogP contribution in [0.1, 0.15) is 53.9 Å². The SMILES string of the molecule is CC[C@@H]1c2cccn2-c2sc3c(c2CN1C(=O)Nc1ccc(F)cc1)CCCC3. The second kappa shape index (κ2) is 7.34. The van der Waals surface area contributed by atoms with Crippen molar-refractivity contribution in [1.29, 1.82) is 0 Å². The molecule has 4 nitrogen and oxygen atoms in total. The van der Waals surface area contributed by atoms with Gasteiger partial charge in [-0.3, -0.25) is 0 Å². The first kappa shape index (κ1) is 18.4. The van der Waals surface area contributed by atoms with Gasteiger partial charge in [0.15, 0.2) is 0 Å². The molecule has 1 atom stereocenters. The minimum absolute atomic E-state index is 0.00992. The summed E-state index contributed by atoms with van der Waals surface area (Å²) in [5.74, 6) is -0.309. The molecule has 0 unspecified atom stereocenters. The molecule has 150 valence electrons. The molecule has 5 rings (SSSR count). The number of aromatic nitrogens is 1. The van der Waals surface area contributed by atoms with Gasteiger partial charge in [-0.1, -0.05) is 6.92 Å². The van der Waals surface area contributed by atoms with E-state index in [9.17, 15) is 9.18 Å². The van der Waals surface area contributed by atoms with Crippen LogP contribution in [-0.4, -0.2) is 15.5 Å². The number of rotatable bonds is 2. The Bertz CT molecular complexity index is 1050. The Morgan fingerprint density at radius 2 is 1.97 bits per heavy atom. The Labute approximate surface area is 174 Å². The van der Waals surface area contributed by atoms with Crippen molar-refractivity contribution >= 4 is 23.1 Å². The number of hydrogen-bond donors (Lipinski definition) is 1. The first-order valence-corrected chi connectivity index (χ1v) is 11.1. The zero-order chi connectivity index (χ0) is 20.0. The highest BCUT2D eigenvalue weighted by atomic mass is 32.1. The normalized spacial score (nSPS) is 17.9. The van der Waals surface area contributed by atoms with Crippen molar-refractivity contribution in [2.75, 3.05) is 5.32 Å². The number of anilines is 1. The fraction of sp³-hybridized carbons (Fsp3) is 0.348. The van der Waals surface area contributed by atoms with Gasteiger partial charge >= 0.3 is 6.03 Å². The number of aryl methyl sites for hydroxylation is 1. The van der Waals surface area contributed by atoms with Gasteiger partial charge in [-0.25, -0.2) is 9.18 Å². The lowest BCUT2D eigenvalue weighted by Crippen LogP contribution is -2.37. The fourth-order valence-electron chi connectivity index (χ4n) is 4.64. The molecule has 2 aliphatic rings. The molecule has 1 aliphatic carbocycles. The zero-order valence-electron chi connectivity index (χ0n) is 16.5. The molecule has 0 radical (unpaired) electrons. The third kappa shape index (κ3) is 3.15. The van der Waals surface area contributed by atoms with Gasteiger partial charge in [0, 0.05) is 28.0 Å². The number of halogens is 1. The Hall–Kier alpha value is -2.60. The molecule has 1 aliphatic heterocycles. The van der Waals surface area contributed by atoms with Crippen LogP contribution in [0.25, 0.3) is 5.00 Å². The van der Waals surface area contributed by atoms with Gasteiger partial charge in [-0.2, -0.15) is 0 Å². The molecule has 0 saturated carbocycles. The van der Waals surface area contributed by atoms with Gasteiger partial charge in [0.2, 0.25) is 0 Å². The van der Waals surface area contributed by atoms with Crippen LogP contribution in [0.5, 0.6) is 0 Å². The highest BCUT2D eigenvalue weighted by Gasteiger charge is 2.34. The Morgan fingerprint density at radius 3 is 2.76 bits per heavy atom. The molecule has 2 aromatic heterocycles. The number of nitrogens with one attached hydrogen (secondary N) is 1. The Morgan fingerprint density at radius 1 is 1.17 bits per heavy atom. The van der Waals surface area contributed by atoms with Crippen molar-refractivity contribution in [3.05, 3.63) is 70.1 Å². The molecule has 6 heteroatoms. The zero-order valence-corrected chi connectivity index (χ0v) is 17.3. The Kier molecular flexibility index (Phi) is 4.66. The summed E-state index contributed by atoms with van der Waals surface area (Å²) in [6.07, 6.45) is 7.66. The van der Waals surface area contributed by atoms with Gasteiger partial charge in [0.25, 0.3) is 0 Å². The van der Waals surface area contributed by atoms with Gasteiger partial charge in [-0.05, 0) is 74.1 Å². The summed E-state index contributed by atoms with van der Waals surface area (Å²) in [7, 11) is 0. The van der Waals surface area contributed by atoms with E-state index in [1.165, 1.54) is 46.0 Å².